The highest BCUT2D eigenvalue weighted by molar-refractivity contribution is 7.07. The molecule has 0 spiro atoms. The number of thiazole rings is 1. The summed E-state index contributed by atoms with van der Waals surface area (Å²) in [6, 6.07) is 1.71. The van der Waals surface area contributed by atoms with E-state index in [0.717, 1.165) is 18.7 Å². The van der Waals surface area contributed by atoms with Crippen LogP contribution < -0.4 is 10.1 Å². The SMILES string of the molecule is COc1ccnc(NCCc2cscn2)n1. The molecule has 84 valence electrons. The average Bonchev–Trinajstić information content (AvgIpc) is 2.82. The van der Waals surface area contributed by atoms with Gasteiger partial charge < -0.3 is 10.1 Å². The molecule has 1 N–H and O–H groups in total. The van der Waals surface area contributed by atoms with Crippen LogP contribution in [0.15, 0.2) is 23.2 Å². The van der Waals surface area contributed by atoms with Crippen molar-refractivity contribution in [1.29, 1.82) is 0 Å². The van der Waals surface area contributed by atoms with Gasteiger partial charge in [-0.2, -0.15) is 4.98 Å². The summed E-state index contributed by atoms with van der Waals surface area (Å²) in [5.74, 6) is 1.14. The minimum Gasteiger partial charge on any atom is -0.481 e. The van der Waals surface area contributed by atoms with Crippen LogP contribution in [0.4, 0.5) is 5.95 Å². The van der Waals surface area contributed by atoms with Crippen molar-refractivity contribution in [1.82, 2.24) is 15.0 Å². The largest absolute Gasteiger partial charge is 0.481 e. The lowest BCUT2D eigenvalue weighted by Gasteiger charge is -2.04. The van der Waals surface area contributed by atoms with Crippen LogP contribution in [-0.4, -0.2) is 28.6 Å². The van der Waals surface area contributed by atoms with E-state index >= 15 is 0 Å². The van der Waals surface area contributed by atoms with Crippen LogP contribution in [0.3, 0.4) is 0 Å². The molecule has 2 aromatic rings. The summed E-state index contributed by atoms with van der Waals surface area (Å²) in [6.07, 6.45) is 2.53. The van der Waals surface area contributed by atoms with Gasteiger partial charge in [-0.15, -0.1) is 11.3 Å². The molecule has 0 saturated carbocycles. The number of methoxy groups -OCH3 is 1. The van der Waals surface area contributed by atoms with Crippen molar-refractivity contribution >= 4 is 17.3 Å². The molecular weight excluding hydrogens is 224 g/mol. The van der Waals surface area contributed by atoms with E-state index in [1.54, 1.807) is 30.7 Å². The Morgan fingerprint density at radius 1 is 1.44 bits per heavy atom. The molecule has 2 rings (SSSR count). The van der Waals surface area contributed by atoms with Crippen LogP contribution >= 0.6 is 11.3 Å². The van der Waals surface area contributed by atoms with Crippen LogP contribution in [0, 0.1) is 0 Å². The third-order valence-corrected chi connectivity index (χ3v) is 2.62. The van der Waals surface area contributed by atoms with Crippen molar-refractivity contribution in [3.05, 3.63) is 28.8 Å². The molecule has 0 aliphatic carbocycles. The van der Waals surface area contributed by atoms with E-state index in [1.807, 2.05) is 10.9 Å². The van der Waals surface area contributed by atoms with Crippen LogP contribution in [0.5, 0.6) is 5.88 Å². The van der Waals surface area contributed by atoms with Crippen molar-refractivity contribution in [2.24, 2.45) is 0 Å². The zero-order valence-corrected chi connectivity index (χ0v) is 9.70. The van der Waals surface area contributed by atoms with E-state index in [4.69, 9.17) is 4.74 Å². The molecule has 6 heteroatoms. The molecule has 2 heterocycles. The molecule has 2 aromatic heterocycles. The average molecular weight is 236 g/mol. The van der Waals surface area contributed by atoms with E-state index in [2.05, 4.69) is 20.3 Å². The lowest BCUT2D eigenvalue weighted by atomic mass is 10.3. The smallest absolute Gasteiger partial charge is 0.225 e. The van der Waals surface area contributed by atoms with Gasteiger partial charge in [0, 0.05) is 30.6 Å². The Kier molecular flexibility index (Phi) is 3.66. The summed E-state index contributed by atoms with van der Waals surface area (Å²) in [6.45, 7) is 0.761. The standard InChI is InChI=1S/C10H12N4OS/c1-15-9-3-5-12-10(14-9)11-4-2-8-6-16-7-13-8/h3,5-7H,2,4H2,1H3,(H,11,12,14). The van der Waals surface area contributed by atoms with E-state index in [1.165, 1.54) is 0 Å². The summed E-state index contributed by atoms with van der Waals surface area (Å²) >= 11 is 1.60. The topological polar surface area (TPSA) is 59.9 Å². The monoisotopic (exact) mass is 236 g/mol. The molecule has 16 heavy (non-hydrogen) atoms. The maximum Gasteiger partial charge on any atom is 0.225 e. The van der Waals surface area contributed by atoms with Crippen molar-refractivity contribution in [3.63, 3.8) is 0 Å². The van der Waals surface area contributed by atoms with Crippen molar-refractivity contribution < 1.29 is 4.74 Å². The van der Waals surface area contributed by atoms with Crippen LogP contribution in [0.2, 0.25) is 0 Å². The van der Waals surface area contributed by atoms with Gasteiger partial charge in [-0.25, -0.2) is 9.97 Å². The predicted molar refractivity (Wildman–Crippen MR) is 62.9 cm³/mol. The van der Waals surface area contributed by atoms with Crippen molar-refractivity contribution in [2.45, 2.75) is 6.42 Å². The van der Waals surface area contributed by atoms with Crippen molar-refractivity contribution in [2.75, 3.05) is 19.0 Å². The Balaban J connectivity index is 1.85. The fraction of sp³-hybridized carbons (Fsp3) is 0.300. The van der Waals surface area contributed by atoms with Gasteiger partial charge in [-0.3, -0.25) is 0 Å². The van der Waals surface area contributed by atoms with Crippen LogP contribution in [0.1, 0.15) is 5.69 Å². The summed E-state index contributed by atoms with van der Waals surface area (Å²) < 4.78 is 5.01. The Bertz CT molecular complexity index is 432. The highest BCUT2D eigenvalue weighted by Crippen LogP contribution is 2.07. The number of hydrogen-bond acceptors (Lipinski definition) is 6. The van der Waals surface area contributed by atoms with Gasteiger partial charge >= 0.3 is 0 Å². The number of anilines is 1. The first-order chi connectivity index (χ1) is 7.88. The molecule has 0 aliphatic rings. The highest BCUT2D eigenvalue weighted by atomic mass is 32.1. The lowest BCUT2D eigenvalue weighted by molar-refractivity contribution is 0.397. The summed E-state index contributed by atoms with van der Waals surface area (Å²) in [5.41, 5.74) is 2.91. The first-order valence-electron chi connectivity index (χ1n) is 4.86. The Morgan fingerprint density at radius 3 is 3.12 bits per heavy atom. The number of ether oxygens (including phenoxy) is 1. The van der Waals surface area contributed by atoms with Gasteiger partial charge in [-0.1, -0.05) is 0 Å². The third kappa shape index (κ3) is 2.90. The molecule has 0 fully saturated rings. The van der Waals surface area contributed by atoms with Gasteiger partial charge in [0.2, 0.25) is 11.8 Å². The zero-order valence-electron chi connectivity index (χ0n) is 8.88. The maximum atomic E-state index is 5.01. The molecule has 0 aromatic carbocycles. The van der Waals surface area contributed by atoms with Gasteiger partial charge in [-0.05, 0) is 0 Å². The van der Waals surface area contributed by atoms with Gasteiger partial charge in [0.05, 0.1) is 18.3 Å². The van der Waals surface area contributed by atoms with Gasteiger partial charge in [0.25, 0.3) is 0 Å². The lowest BCUT2D eigenvalue weighted by Crippen LogP contribution is -2.08. The van der Waals surface area contributed by atoms with E-state index < -0.39 is 0 Å². The minimum absolute atomic E-state index is 0.561. The van der Waals surface area contributed by atoms with Crippen LogP contribution in [0.25, 0.3) is 0 Å². The fourth-order valence-corrected chi connectivity index (χ4v) is 1.80. The highest BCUT2D eigenvalue weighted by Gasteiger charge is 1.99. The molecule has 0 aliphatic heterocycles. The Hall–Kier alpha value is -1.69. The normalized spacial score (nSPS) is 10.1. The van der Waals surface area contributed by atoms with E-state index in [9.17, 15) is 0 Å². The second kappa shape index (κ2) is 5.41. The molecule has 0 unspecified atom stereocenters. The Morgan fingerprint density at radius 2 is 2.38 bits per heavy atom. The molecule has 0 amide bonds. The van der Waals surface area contributed by atoms with E-state index in [-0.39, 0.29) is 0 Å². The Labute approximate surface area is 97.5 Å². The fourth-order valence-electron chi connectivity index (χ4n) is 1.20. The predicted octanol–water partition coefficient (Wildman–Crippen LogP) is 1.60. The van der Waals surface area contributed by atoms with Gasteiger partial charge in [0.15, 0.2) is 0 Å². The number of rotatable bonds is 5. The van der Waals surface area contributed by atoms with Crippen molar-refractivity contribution in [3.8, 4) is 5.88 Å². The first kappa shape index (κ1) is 10.8. The van der Waals surface area contributed by atoms with Crippen LogP contribution in [-0.2, 0) is 6.42 Å². The molecule has 5 nitrogen and oxygen atoms in total. The number of aromatic nitrogens is 3. The summed E-state index contributed by atoms with van der Waals surface area (Å²) in [4.78, 5) is 12.4. The number of nitrogens with one attached hydrogen (secondary N) is 1. The first-order valence-corrected chi connectivity index (χ1v) is 5.81. The molecular formula is C10H12N4OS. The quantitative estimate of drug-likeness (QED) is 0.854. The maximum absolute atomic E-state index is 5.01. The second-order valence-corrected chi connectivity index (χ2v) is 3.80. The third-order valence-electron chi connectivity index (χ3n) is 1.99. The molecule has 0 radical (unpaired) electrons. The summed E-state index contributed by atoms with van der Waals surface area (Å²) in [7, 11) is 1.58. The molecule has 0 bridgehead atoms. The van der Waals surface area contributed by atoms with Gasteiger partial charge in [0.1, 0.15) is 0 Å². The van der Waals surface area contributed by atoms with E-state index in [0.29, 0.717) is 11.8 Å². The minimum atomic E-state index is 0.561. The molecule has 0 atom stereocenters. The summed E-state index contributed by atoms with van der Waals surface area (Å²) in [5, 5.41) is 5.16. The zero-order chi connectivity index (χ0) is 11.2. The number of hydrogen-bond donors (Lipinski definition) is 1. The molecule has 0 saturated heterocycles. The second-order valence-electron chi connectivity index (χ2n) is 3.08. The number of nitrogens with zero attached hydrogens (tertiary/aromatic N) is 3.